The summed E-state index contributed by atoms with van der Waals surface area (Å²) in [6.45, 7) is 1.88. The summed E-state index contributed by atoms with van der Waals surface area (Å²) in [7, 11) is -3.74. The van der Waals surface area contributed by atoms with Crippen LogP contribution in [0.1, 0.15) is 19.8 Å². The van der Waals surface area contributed by atoms with Gasteiger partial charge in [-0.15, -0.1) is 12.4 Å². The fourth-order valence-corrected chi connectivity index (χ4v) is 4.18. The molecular formula is C13H19ClFN3O3S. The SMILES string of the molecule is CC(=O)Nc1cc(S(=O)(=O)N2CCCC2CN)ccc1F.Cl. The number of nitrogens with one attached hydrogen (secondary N) is 1. The Balaban J connectivity index is 0.00000242. The Hall–Kier alpha value is -1.22. The first-order valence-corrected chi connectivity index (χ1v) is 8.09. The molecule has 3 N–H and O–H groups in total. The Morgan fingerprint density at radius 2 is 2.18 bits per heavy atom. The molecule has 1 aromatic carbocycles. The van der Waals surface area contributed by atoms with E-state index in [1.807, 2.05) is 0 Å². The lowest BCUT2D eigenvalue weighted by molar-refractivity contribution is -0.114. The van der Waals surface area contributed by atoms with E-state index in [-0.39, 0.29) is 35.6 Å². The fraction of sp³-hybridized carbons (Fsp3) is 0.462. The molecule has 0 radical (unpaired) electrons. The number of nitrogens with zero attached hydrogens (tertiary/aromatic N) is 1. The molecule has 0 bridgehead atoms. The van der Waals surface area contributed by atoms with Crippen LogP contribution in [0.4, 0.5) is 10.1 Å². The molecule has 2 rings (SSSR count). The fourth-order valence-electron chi connectivity index (χ4n) is 2.45. The molecule has 1 fully saturated rings. The Bertz CT molecular complexity index is 654. The van der Waals surface area contributed by atoms with Gasteiger partial charge in [-0.25, -0.2) is 12.8 Å². The zero-order chi connectivity index (χ0) is 15.6. The first kappa shape index (κ1) is 18.8. The van der Waals surface area contributed by atoms with E-state index in [1.165, 1.54) is 17.3 Å². The van der Waals surface area contributed by atoms with Crippen molar-refractivity contribution in [3.63, 3.8) is 0 Å². The molecule has 1 unspecified atom stereocenters. The van der Waals surface area contributed by atoms with Crippen molar-refractivity contribution in [1.82, 2.24) is 4.31 Å². The van der Waals surface area contributed by atoms with Gasteiger partial charge in [0.2, 0.25) is 15.9 Å². The minimum atomic E-state index is -3.74. The molecule has 1 aliphatic heterocycles. The van der Waals surface area contributed by atoms with Crippen molar-refractivity contribution in [3.05, 3.63) is 24.0 Å². The first-order valence-electron chi connectivity index (χ1n) is 6.65. The van der Waals surface area contributed by atoms with Crippen molar-refractivity contribution in [2.24, 2.45) is 5.73 Å². The van der Waals surface area contributed by atoms with Crippen LogP contribution >= 0.6 is 12.4 Å². The molecule has 0 spiro atoms. The third-order valence-electron chi connectivity index (χ3n) is 3.45. The van der Waals surface area contributed by atoms with Crippen LogP contribution in [-0.4, -0.2) is 37.8 Å². The number of hydrogen-bond acceptors (Lipinski definition) is 4. The predicted octanol–water partition coefficient (Wildman–Crippen LogP) is 1.32. The number of benzene rings is 1. The molecule has 1 atom stereocenters. The van der Waals surface area contributed by atoms with Crippen molar-refractivity contribution < 1.29 is 17.6 Å². The Morgan fingerprint density at radius 3 is 2.77 bits per heavy atom. The quantitative estimate of drug-likeness (QED) is 0.855. The van der Waals surface area contributed by atoms with Gasteiger partial charge >= 0.3 is 0 Å². The summed E-state index contributed by atoms with van der Waals surface area (Å²) in [6, 6.07) is 3.13. The molecule has 1 aliphatic rings. The predicted molar refractivity (Wildman–Crippen MR) is 83.9 cm³/mol. The molecule has 0 aliphatic carbocycles. The minimum Gasteiger partial charge on any atom is -0.329 e. The number of halogens is 2. The zero-order valence-electron chi connectivity index (χ0n) is 12.1. The number of anilines is 1. The summed E-state index contributed by atoms with van der Waals surface area (Å²) in [6.07, 6.45) is 1.47. The van der Waals surface area contributed by atoms with Crippen LogP contribution in [0.25, 0.3) is 0 Å². The molecule has 124 valence electrons. The van der Waals surface area contributed by atoms with E-state index in [9.17, 15) is 17.6 Å². The standard InChI is InChI=1S/C13H18FN3O3S.ClH/c1-9(18)16-13-7-11(4-5-12(13)14)21(19,20)17-6-2-3-10(17)8-15;/h4-5,7,10H,2-3,6,8,15H2,1H3,(H,16,18);1H. The van der Waals surface area contributed by atoms with Gasteiger partial charge in [0.05, 0.1) is 10.6 Å². The summed E-state index contributed by atoms with van der Waals surface area (Å²) in [5.74, 6) is -1.15. The highest BCUT2D eigenvalue weighted by atomic mass is 35.5. The van der Waals surface area contributed by atoms with Crippen LogP contribution in [0, 0.1) is 5.82 Å². The van der Waals surface area contributed by atoms with Gasteiger partial charge in [0.15, 0.2) is 0 Å². The van der Waals surface area contributed by atoms with Crippen LogP contribution in [-0.2, 0) is 14.8 Å². The molecule has 1 heterocycles. The van der Waals surface area contributed by atoms with Crippen LogP contribution in [0.2, 0.25) is 0 Å². The van der Waals surface area contributed by atoms with E-state index < -0.39 is 21.7 Å². The average Bonchev–Trinajstić information content (AvgIpc) is 2.89. The second-order valence-electron chi connectivity index (χ2n) is 4.97. The minimum absolute atomic E-state index is 0. The van der Waals surface area contributed by atoms with Crippen LogP contribution < -0.4 is 11.1 Å². The van der Waals surface area contributed by atoms with Crippen molar-refractivity contribution >= 4 is 34.0 Å². The number of sulfonamides is 1. The molecule has 6 nitrogen and oxygen atoms in total. The monoisotopic (exact) mass is 351 g/mol. The molecule has 1 amide bonds. The highest BCUT2D eigenvalue weighted by Crippen LogP contribution is 2.28. The van der Waals surface area contributed by atoms with Crippen molar-refractivity contribution in [2.45, 2.75) is 30.7 Å². The summed E-state index contributed by atoms with van der Waals surface area (Å²) in [5.41, 5.74) is 5.45. The van der Waals surface area contributed by atoms with Crippen molar-refractivity contribution in [3.8, 4) is 0 Å². The van der Waals surface area contributed by atoms with Crippen LogP contribution in [0.5, 0.6) is 0 Å². The number of carbonyl (C=O) groups excluding carboxylic acids is 1. The highest BCUT2D eigenvalue weighted by molar-refractivity contribution is 7.89. The first-order chi connectivity index (χ1) is 9.86. The third kappa shape index (κ3) is 3.75. The lowest BCUT2D eigenvalue weighted by Crippen LogP contribution is -2.39. The summed E-state index contributed by atoms with van der Waals surface area (Å²) >= 11 is 0. The van der Waals surface area contributed by atoms with Crippen LogP contribution in [0.3, 0.4) is 0 Å². The number of carbonyl (C=O) groups is 1. The van der Waals surface area contributed by atoms with E-state index in [4.69, 9.17) is 5.73 Å². The van der Waals surface area contributed by atoms with Gasteiger partial charge in [-0.2, -0.15) is 4.31 Å². The Kier molecular flexibility index (Phi) is 6.30. The third-order valence-corrected chi connectivity index (χ3v) is 5.40. The lowest BCUT2D eigenvalue weighted by atomic mass is 10.2. The maximum atomic E-state index is 13.6. The van der Waals surface area contributed by atoms with Crippen molar-refractivity contribution in [1.29, 1.82) is 0 Å². The zero-order valence-corrected chi connectivity index (χ0v) is 13.7. The molecule has 1 aromatic rings. The van der Waals surface area contributed by atoms with Gasteiger partial charge < -0.3 is 11.1 Å². The molecule has 0 saturated carbocycles. The maximum Gasteiger partial charge on any atom is 0.243 e. The Morgan fingerprint density at radius 1 is 1.50 bits per heavy atom. The largest absolute Gasteiger partial charge is 0.329 e. The second kappa shape index (κ2) is 7.36. The average molecular weight is 352 g/mol. The number of hydrogen-bond donors (Lipinski definition) is 2. The highest BCUT2D eigenvalue weighted by Gasteiger charge is 2.34. The van der Waals surface area contributed by atoms with Gasteiger partial charge in [0, 0.05) is 26.1 Å². The maximum absolute atomic E-state index is 13.6. The molecular weight excluding hydrogens is 333 g/mol. The smallest absolute Gasteiger partial charge is 0.243 e. The summed E-state index contributed by atoms with van der Waals surface area (Å²) in [4.78, 5) is 11.0. The van der Waals surface area contributed by atoms with Gasteiger partial charge in [-0.1, -0.05) is 0 Å². The number of amides is 1. The van der Waals surface area contributed by atoms with Gasteiger partial charge in [-0.3, -0.25) is 4.79 Å². The number of nitrogens with two attached hydrogens (primary N) is 1. The molecule has 9 heteroatoms. The normalized spacial score (nSPS) is 18.8. The molecule has 0 aromatic heterocycles. The Labute approximate surface area is 135 Å². The van der Waals surface area contributed by atoms with E-state index >= 15 is 0 Å². The lowest BCUT2D eigenvalue weighted by Gasteiger charge is -2.23. The number of rotatable bonds is 4. The topological polar surface area (TPSA) is 92.5 Å². The van der Waals surface area contributed by atoms with E-state index in [2.05, 4.69) is 5.32 Å². The van der Waals surface area contributed by atoms with Gasteiger partial charge in [0.1, 0.15) is 5.82 Å². The van der Waals surface area contributed by atoms with Gasteiger partial charge in [-0.05, 0) is 31.0 Å². The van der Waals surface area contributed by atoms with E-state index in [0.717, 1.165) is 25.0 Å². The molecule has 1 saturated heterocycles. The summed E-state index contributed by atoms with van der Waals surface area (Å²) < 4.78 is 40.1. The van der Waals surface area contributed by atoms with E-state index in [1.54, 1.807) is 0 Å². The second-order valence-corrected chi connectivity index (χ2v) is 6.86. The van der Waals surface area contributed by atoms with Crippen LogP contribution in [0.15, 0.2) is 23.1 Å². The summed E-state index contributed by atoms with van der Waals surface area (Å²) in [5, 5.41) is 2.28. The van der Waals surface area contributed by atoms with Gasteiger partial charge in [0.25, 0.3) is 0 Å². The van der Waals surface area contributed by atoms with E-state index in [0.29, 0.717) is 6.54 Å². The van der Waals surface area contributed by atoms with Crippen molar-refractivity contribution in [2.75, 3.05) is 18.4 Å². The molecule has 22 heavy (non-hydrogen) atoms.